The van der Waals surface area contributed by atoms with E-state index in [0.717, 1.165) is 10.5 Å². The van der Waals surface area contributed by atoms with Gasteiger partial charge < -0.3 is 9.80 Å². The van der Waals surface area contributed by atoms with E-state index in [1.807, 2.05) is 42.2 Å². The van der Waals surface area contributed by atoms with Gasteiger partial charge in [0.25, 0.3) is 15.9 Å². The first-order valence-corrected chi connectivity index (χ1v) is 11.5. The van der Waals surface area contributed by atoms with Gasteiger partial charge in [-0.25, -0.2) is 8.42 Å². The molecule has 1 aromatic heterocycles. The maximum absolute atomic E-state index is 12.7. The Hall–Kier alpha value is -1.74. The van der Waals surface area contributed by atoms with E-state index in [9.17, 15) is 13.2 Å². The maximum Gasteiger partial charge on any atom is 0.278 e. The number of amides is 1. The van der Waals surface area contributed by atoms with Crippen molar-refractivity contribution in [2.75, 3.05) is 39.3 Å². The highest BCUT2D eigenvalue weighted by Crippen LogP contribution is 2.20. The second-order valence-electron chi connectivity index (χ2n) is 6.66. The summed E-state index contributed by atoms with van der Waals surface area (Å²) < 4.78 is 27.1. The first-order chi connectivity index (χ1) is 13.0. The van der Waals surface area contributed by atoms with Crippen LogP contribution in [0.1, 0.15) is 12.5 Å². The van der Waals surface area contributed by atoms with Gasteiger partial charge in [-0.05, 0) is 23.9 Å². The molecule has 0 unspecified atom stereocenters. The molecule has 1 amide bonds. The molecule has 1 aliphatic rings. The topological polar surface area (TPSA) is 62.1 Å². The number of sulfonamides is 1. The molecule has 1 aromatic carbocycles. The van der Waals surface area contributed by atoms with Gasteiger partial charge in [0.15, 0.2) is 6.54 Å². The highest BCUT2D eigenvalue weighted by Gasteiger charge is 2.32. The van der Waals surface area contributed by atoms with E-state index in [2.05, 4.69) is 0 Å². The Morgan fingerprint density at radius 2 is 1.85 bits per heavy atom. The van der Waals surface area contributed by atoms with Crippen molar-refractivity contribution in [2.45, 2.75) is 17.7 Å². The molecule has 2 heterocycles. The number of nitrogens with one attached hydrogen (secondary N) is 1. The molecule has 6 nitrogen and oxygen atoms in total. The predicted molar refractivity (Wildman–Crippen MR) is 106 cm³/mol. The lowest BCUT2D eigenvalue weighted by Crippen LogP contribution is -3.15. The number of piperazine rings is 1. The number of rotatable bonds is 7. The van der Waals surface area contributed by atoms with Crippen molar-refractivity contribution in [3.63, 3.8) is 0 Å². The molecule has 27 heavy (non-hydrogen) atoms. The van der Waals surface area contributed by atoms with Gasteiger partial charge in [-0.3, -0.25) is 4.79 Å². The molecule has 0 aliphatic carbocycles. The summed E-state index contributed by atoms with van der Waals surface area (Å²) in [5.74, 6) is 0.117. The molecule has 0 spiro atoms. The van der Waals surface area contributed by atoms with Crippen LogP contribution in [0.2, 0.25) is 0 Å². The fourth-order valence-electron chi connectivity index (χ4n) is 3.26. The van der Waals surface area contributed by atoms with Crippen LogP contribution in [0.4, 0.5) is 0 Å². The third-order valence-corrected chi connectivity index (χ3v) is 8.14. The van der Waals surface area contributed by atoms with E-state index in [4.69, 9.17) is 0 Å². The zero-order valence-corrected chi connectivity index (χ0v) is 17.1. The number of carbonyl (C=O) groups is 1. The van der Waals surface area contributed by atoms with E-state index >= 15 is 0 Å². The normalized spacial score (nSPS) is 16.3. The monoisotopic (exact) mass is 408 g/mol. The first kappa shape index (κ1) is 20.0. The molecule has 8 heteroatoms. The largest absolute Gasteiger partial charge is 0.334 e. The van der Waals surface area contributed by atoms with Crippen LogP contribution in [-0.2, 0) is 21.4 Å². The number of benzene rings is 1. The Morgan fingerprint density at radius 1 is 1.15 bits per heavy atom. The Kier molecular flexibility index (Phi) is 6.64. The van der Waals surface area contributed by atoms with Crippen LogP contribution in [0, 0.1) is 0 Å². The quantitative estimate of drug-likeness (QED) is 0.733. The fraction of sp³-hybridized carbons (Fsp3) is 0.421. The molecule has 1 fully saturated rings. The standard InChI is InChI=1S/C19H25N3O3S2/c1-2-21(15-17-7-4-3-5-8-17)18(23)16-20-10-12-22(13-11-20)27(24,25)19-9-6-14-26-19/h3-9,14H,2,10-13,15-16H2,1H3/p+1. The summed E-state index contributed by atoms with van der Waals surface area (Å²) in [4.78, 5) is 15.7. The third kappa shape index (κ3) is 4.95. The summed E-state index contributed by atoms with van der Waals surface area (Å²) in [5, 5.41) is 1.78. The van der Waals surface area contributed by atoms with Gasteiger partial charge in [0.05, 0.1) is 26.2 Å². The molecule has 0 saturated carbocycles. The molecule has 1 saturated heterocycles. The van der Waals surface area contributed by atoms with Gasteiger partial charge in [0, 0.05) is 13.1 Å². The van der Waals surface area contributed by atoms with E-state index < -0.39 is 10.0 Å². The SMILES string of the molecule is CCN(Cc1ccccc1)C(=O)C[NH+]1CCN(S(=O)(=O)c2cccs2)CC1. The number of likely N-dealkylation sites (N-methyl/N-ethyl adjacent to an activating group) is 1. The van der Waals surface area contributed by atoms with Crippen molar-refractivity contribution < 1.29 is 18.1 Å². The molecule has 1 aliphatic heterocycles. The average molecular weight is 409 g/mol. The van der Waals surface area contributed by atoms with E-state index in [1.54, 1.807) is 17.5 Å². The number of hydrogen-bond donors (Lipinski definition) is 1. The minimum absolute atomic E-state index is 0.117. The van der Waals surface area contributed by atoms with Crippen LogP contribution in [0.15, 0.2) is 52.1 Å². The lowest BCUT2D eigenvalue weighted by atomic mass is 10.2. The second kappa shape index (κ2) is 8.97. The Morgan fingerprint density at radius 3 is 2.44 bits per heavy atom. The van der Waals surface area contributed by atoms with E-state index in [-0.39, 0.29) is 5.91 Å². The Labute approximate surface area is 165 Å². The molecule has 146 valence electrons. The van der Waals surface area contributed by atoms with Gasteiger partial charge in [0.2, 0.25) is 0 Å². The van der Waals surface area contributed by atoms with Crippen molar-refractivity contribution in [1.29, 1.82) is 0 Å². The summed E-state index contributed by atoms with van der Waals surface area (Å²) in [6.07, 6.45) is 0. The first-order valence-electron chi connectivity index (χ1n) is 9.19. The summed E-state index contributed by atoms with van der Waals surface area (Å²) >= 11 is 1.25. The lowest BCUT2D eigenvalue weighted by molar-refractivity contribution is -0.896. The number of thiophene rings is 1. The summed E-state index contributed by atoms with van der Waals surface area (Å²) in [6, 6.07) is 13.4. The highest BCUT2D eigenvalue weighted by atomic mass is 32.2. The number of hydrogen-bond acceptors (Lipinski definition) is 4. The molecule has 2 aromatic rings. The van der Waals surface area contributed by atoms with Gasteiger partial charge >= 0.3 is 0 Å². The predicted octanol–water partition coefficient (Wildman–Crippen LogP) is 0.686. The fourth-order valence-corrected chi connectivity index (χ4v) is 5.85. The van der Waals surface area contributed by atoms with Crippen molar-refractivity contribution in [2.24, 2.45) is 0 Å². The van der Waals surface area contributed by atoms with Gasteiger partial charge in [-0.2, -0.15) is 4.31 Å². The summed E-state index contributed by atoms with van der Waals surface area (Å²) in [7, 11) is -3.39. The molecule has 3 rings (SSSR count). The van der Waals surface area contributed by atoms with Crippen LogP contribution in [0.5, 0.6) is 0 Å². The third-order valence-electron chi connectivity index (χ3n) is 4.87. The highest BCUT2D eigenvalue weighted by molar-refractivity contribution is 7.91. The van der Waals surface area contributed by atoms with Crippen molar-refractivity contribution >= 4 is 27.3 Å². The summed E-state index contributed by atoms with van der Waals surface area (Å²) in [5.41, 5.74) is 1.12. The van der Waals surface area contributed by atoms with Crippen molar-refractivity contribution in [1.82, 2.24) is 9.21 Å². The second-order valence-corrected chi connectivity index (χ2v) is 9.77. The van der Waals surface area contributed by atoms with Crippen LogP contribution in [-0.4, -0.2) is 62.8 Å². The minimum atomic E-state index is -3.39. The van der Waals surface area contributed by atoms with Crippen molar-refractivity contribution in [3.8, 4) is 0 Å². The lowest BCUT2D eigenvalue weighted by Gasteiger charge is -2.32. The molecular weight excluding hydrogens is 382 g/mol. The zero-order chi connectivity index (χ0) is 19.3. The molecule has 1 N–H and O–H groups in total. The smallest absolute Gasteiger partial charge is 0.278 e. The minimum Gasteiger partial charge on any atom is -0.334 e. The molecule has 0 radical (unpaired) electrons. The van der Waals surface area contributed by atoms with Crippen LogP contribution in [0.25, 0.3) is 0 Å². The summed E-state index contributed by atoms with van der Waals surface area (Å²) in [6.45, 7) is 5.89. The van der Waals surface area contributed by atoms with Gasteiger partial charge in [0.1, 0.15) is 4.21 Å². The van der Waals surface area contributed by atoms with Crippen LogP contribution >= 0.6 is 11.3 Å². The Bertz CT molecular complexity index is 830. The van der Waals surface area contributed by atoms with Gasteiger partial charge in [-0.1, -0.05) is 36.4 Å². The van der Waals surface area contributed by atoms with Crippen LogP contribution in [0.3, 0.4) is 0 Å². The van der Waals surface area contributed by atoms with Crippen molar-refractivity contribution in [3.05, 3.63) is 53.4 Å². The molecule has 0 atom stereocenters. The average Bonchev–Trinajstić information content (AvgIpc) is 3.23. The van der Waals surface area contributed by atoms with E-state index in [1.165, 1.54) is 15.6 Å². The number of carbonyl (C=O) groups excluding carboxylic acids is 1. The zero-order valence-electron chi connectivity index (χ0n) is 15.5. The Balaban J connectivity index is 1.53. The van der Waals surface area contributed by atoms with Gasteiger partial charge in [-0.15, -0.1) is 11.3 Å². The van der Waals surface area contributed by atoms with E-state index in [0.29, 0.717) is 50.0 Å². The van der Waals surface area contributed by atoms with Crippen LogP contribution < -0.4 is 4.90 Å². The molecule has 0 bridgehead atoms. The maximum atomic E-state index is 12.7. The number of quaternary nitrogens is 1. The number of nitrogens with zero attached hydrogens (tertiary/aromatic N) is 2. The molecular formula is C19H26N3O3S2+.